The van der Waals surface area contributed by atoms with Crippen LogP contribution in [0.5, 0.6) is 0 Å². The Hall–Kier alpha value is -2.51. The third kappa shape index (κ3) is 2.09. The van der Waals surface area contributed by atoms with Crippen molar-refractivity contribution in [3.05, 3.63) is 48.5 Å². The third-order valence-corrected chi connectivity index (χ3v) is 3.00. The molecule has 0 amide bonds. The molecule has 0 aliphatic heterocycles. The summed E-state index contributed by atoms with van der Waals surface area (Å²) in [6.07, 6.45) is 7.01. The first-order valence-corrected chi connectivity index (χ1v) is 5.93. The van der Waals surface area contributed by atoms with Gasteiger partial charge >= 0.3 is 7.12 Å². The highest BCUT2D eigenvalue weighted by molar-refractivity contribution is 6.58. The first-order chi connectivity index (χ1) is 9.69. The molecule has 0 atom stereocenters. The molecule has 3 aromatic rings. The maximum absolute atomic E-state index is 10.7. The van der Waals surface area contributed by atoms with E-state index in [1.165, 1.54) is 12.4 Å². The van der Waals surface area contributed by atoms with Crippen LogP contribution in [0.3, 0.4) is 0 Å². The predicted octanol–water partition coefficient (Wildman–Crippen LogP) is -0.0872. The van der Waals surface area contributed by atoms with Gasteiger partial charge in [-0.3, -0.25) is 14.3 Å². The van der Waals surface area contributed by atoms with Crippen molar-refractivity contribution in [3.63, 3.8) is 0 Å². The number of pyridine rings is 2. The maximum Gasteiger partial charge on any atom is 0.490 e. The molecule has 20 heavy (non-hydrogen) atoms. The molecule has 0 saturated carbocycles. The van der Waals surface area contributed by atoms with Gasteiger partial charge < -0.3 is 10.0 Å². The van der Waals surface area contributed by atoms with Gasteiger partial charge in [-0.1, -0.05) is 0 Å². The highest BCUT2D eigenvalue weighted by Gasteiger charge is 2.13. The van der Waals surface area contributed by atoms with Crippen LogP contribution in [0, 0.1) is 0 Å². The summed E-state index contributed by atoms with van der Waals surface area (Å²) in [5.74, 6) is 0. The summed E-state index contributed by atoms with van der Waals surface area (Å²) < 4.78 is 1.77. The number of aromatic nitrogens is 3. The van der Waals surface area contributed by atoms with E-state index in [4.69, 9.17) is 0 Å². The van der Waals surface area contributed by atoms with E-state index in [-0.39, 0.29) is 0 Å². The van der Waals surface area contributed by atoms with E-state index in [2.05, 4.69) is 9.97 Å². The van der Waals surface area contributed by atoms with E-state index in [0.717, 1.165) is 11.7 Å². The second kappa shape index (κ2) is 4.88. The second-order valence-electron chi connectivity index (χ2n) is 4.34. The molecule has 0 unspecified atom stereocenters. The van der Waals surface area contributed by atoms with E-state index >= 15 is 0 Å². The molecule has 3 rings (SSSR count). The van der Waals surface area contributed by atoms with E-state index in [1.807, 2.05) is 6.07 Å². The fourth-order valence-corrected chi connectivity index (χ4v) is 2.03. The molecule has 0 radical (unpaired) electrons. The lowest BCUT2D eigenvalue weighted by molar-refractivity contribution is 0.112. The Morgan fingerprint density at radius 1 is 1.20 bits per heavy atom. The molecule has 98 valence electrons. The standard InChI is InChI=1S/C13H10BN3O3/c18-8-9-3-10-1-2-17(13(10)16-5-9)12-4-11(14(19)20)6-15-7-12/h1-8,19-20H. The molecule has 0 fully saturated rings. The summed E-state index contributed by atoms with van der Waals surface area (Å²) in [7, 11) is -1.57. The molecule has 3 aromatic heterocycles. The Morgan fingerprint density at radius 2 is 2.05 bits per heavy atom. The highest BCUT2D eigenvalue weighted by Crippen LogP contribution is 2.18. The van der Waals surface area contributed by atoms with Gasteiger partial charge in [-0.05, 0) is 18.2 Å². The first kappa shape index (κ1) is 12.5. The van der Waals surface area contributed by atoms with Crippen LogP contribution in [0.15, 0.2) is 43.0 Å². The van der Waals surface area contributed by atoms with Crippen molar-refractivity contribution in [2.24, 2.45) is 0 Å². The fourth-order valence-electron chi connectivity index (χ4n) is 2.03. The molecule has 0 aromatic carbocycles. The van der Waals surface area contributed by atoms with Crippen molar-refractivity contribution in [3.8, 4) is 5.69 Å². The van der Waals surface area contributed by atoms with Crippen molar-refractivity contribution >= 4 is 29.9 Å². The Bertz CT molecular complexity index is 785. The Balaban J connectivity index is 2.15. The summed E-state index contributed by atoms with van der Waals surface area (Å²) in [6, 6.07) is 5.19. The number of hydrogen-bond acceptors (Lipinski definition) is 5. The van der Waals surface area contributed by atoms with Gasteiger partial charge in [0.1, 0.15) is 5.65 Å². The molecule has 3 heterocycles. The number of fused-ring (bicyclic) bond motifs is 1. The molecule has 6 nitrogen and oxygen atoms in total. The molecule has 2 N–H and O–H groups in total. The number of hydrogen-bond donors (Lipinski definition) is 2. The topological polar surface area (TPSA) is 88.2 Å². The third-order valence-electron chi connectivity index (χ3n) is 3.00. The van der Waals surface area contributed by atoms with Crippen LogP contribution >= 0.6 is 0 Å². The summed E-state index contributed by atoms with van der Waals surface area (Å²) in [5.41, 5.74) is 2.14. The van der Waals surface area contributed by atoms with Gasteiger partial charge in [0.05, 0.1) is 11.9 Å². The zero-order valence-electron chi connectivity index (χ0n) is 10.3. The maximum atomic E-state index is 10.7. The minimum Gasteiger partial charge on any atom is -0.423 e. The van der Waals surface area contributed by atoms with Crippen molar-refractivity contribution in [1.82, 2.24) is 14.5 Å². The number of aldehydes is 1. The summed E-state index contributed by atoms with van der Waals surface area (Å²) in [4.78, 5) is 19.0. The van der Waals surface area contributed by atoms with E-state index < -0.39 is 7.12 Å². The largest absolute Gasteiger partial charge is 0.490 e. The molecule has 0 saturated heterocycles. The van der Waals surface area contributed by atoms with Gasteiger partial charge in [-0.15, -0.1) is 0 Å². The van der Waals surface area contributed by atoms with Crippen LogP contribution in [0.1, 0.15) is 10.4 Å². The van der Waals surface area contributed by atoms with Gasteiger partial charge in [0.25, 0.3) is 0 Å². The minimum absolute atomic E-state index is 0.300. The zero-order chi connectivity index (χ0) is 14.1. The highest BCUT2D eigenvalue weighted by atomic mass is 16.4. The van der Waals surface area contributed by atoms with Gasteiger partial charge in [0.2, 0.25) is 0 Å². The molecule has 0 aliphatic rings. The van der Waals surface area contributed by atoms with Crippen molar-refractivity contribution in [1.29, 1.82) is 0 Å². The Kier molecular flexibility index (Phi) is 3.05. The molecular formula is C13H10BN3O3. The van der Waals surface area contributed by atoms with Crippen LogP contribution in [-0.2, 0) is 0 Å². The van der Waals surface area contributed by atoms with Crippen LogP contribution in [0.4, 0.5) is 0 Å². The van der Waals surface area contributed by atoms with Crippen molar-refractivity contribution < 1.29 is 14.8 Å². The van der Waals surface area contributed by atoms with E-state index in [9.17, 15) is 14.8 Å². The van der Waals surface area contributed by atoms with E-state index in [0.29, 0.717) is 22.4 Å². The second-order valence-corrected chi connectivity index (χ2v) is 4.34. The van der Waals surface area contributed by atoms with Crippen LogP contribution in [0.25, 0.3) is 16.7 Å². The van der Waals surface area contributed by atoms with E-state index in [1.54, 1.807) is 29.1 Å². The number of nitrogens with zero attached hydrogens (tertiary/aromatic N) is 3. The minimum atomic E-state index is -1.57. The number of carbonyl (C=O) groups is 1. The average Bonchev–Trinajstić information content (AvgIpc) is 2.90. The summed E-state index contributed by atoms with van der Waals surface area (Å²) in [6.45, 7) is 0. The number of carbonyl (C=O) groups excluding carboxylic acids is 1. The predicted molar refractivity (Wildman–Crippen MR) is 74.1 cm³/mol. The average molecular weight is 267 g/mol. The van der Waals surface area contributed by atoms with Gasteiger partial charge in [0, 0.05) is 35.0 Å². The quantitative estimate of drug-likeness (QED) is 0.511. The van der Waals surface area contributed by atoms with Crippen LogP contribution < -0.4 is 5.46 Å². The summed E-state index contributed by atoms with van der Waals surface area (Å²) >= 11 is 0. The molecule has 7 heteroatoms. The molecule has 0 aliphatic carbocycles. The van der Waals surface area contributed by atoms with Crippen LogP contribution in [0.2, 0.25) is 0 Å². The van der Waals surface area contributed by atoms with Crippen molar-refractivity contribution in [2.45, 2.75) is 0 Å². The van der Waals surface area contributed by atoms with Crippen molar-refractivity contribution in [2.75, 3.05) is 0 Å². The lowest BCUT2D eigenvalue weighted by Crippen LogP contribution is -2.30. The normalized spacial score (nSPS) is 10.7. The van der Waals surface area contributed by atoms with Gasteiger partial charge in [-0.2, -0.15) is 0 Å². The van der Waals surface area contributed by atoms with Crippen LogP contribution in [-0.4, -0.2) is 38.0 Å². The molecule has 0 bridgehead atoms. The summed E-state index contributed by atoms with van der Waals surface area (Å²) in [5, 5.41) is 19.2. The molecular weight excluding hydrogens is 257 g/mol. The number of rotatable bonds is 3. The molecule has 0 spiro atoms. The monoisotopic (exact) mass is 267 g/mol. The van der Waals surface area contributed by atoms with Gasteiger partial charge in [-0.25, -0.2) is 4.98 Å². The zero-order valence-corrected chi connectivity index (χ0v) is 10.3. The first-order valence-electron chi connectivity index (χ1n) is 5.93. The lowest BCUT2D eigenvalue weighted by Gasteiger charge is -2.06. The smallest absolute Gasteiger partial charge is 0.423 e. The fraction of sp³-hybridized carbons (Fsp3) is 0. The Labute approximate surface area is 114 Å². The lowest BCUT2D eigenvalue weighted by atomic mass is 9.81. The Morgan fingerprint density at radius 3 is 2.80 bits per heavy atom. The SMILES string of the molecule is O=Cc1cnc2c(ccn2-c2cncc(B(O)O)c2)c1. The van der Waals surface area contributed by atoms with Gasteiger partial charge in [0.15, 0.2) is 6.29 Å².